The summed E-state index contributed by atoms with van der Waals surface area (Å²) in [5, 5.41) is 7.42. The van der Waals surface area contributed by atoms with Gasteiger partial charge in [0.2, 0.25) is 11.2 Å². The van der Waals surface area contributed by atoms with Crippen LogP contribution in [0.25, 0.3) is 0 Å². The molecule has 2 heterocycles. The van der Waals surface area contributed by atoms with Gasteiger partial charge in [0.25, 0.3) is 0 Å². The molecule has 0 spiro atoms. The molecule has 0 aliphatic carbocycles. The largest absolute Gasteiger partial charge is 0.461 e. The van der Waals surface area contributed by atoms with E-state index in [0.29, 0.717) is 5.95 Å². The lowest BCUT2D eigenvalue weighted by atomic mass is 10.2. The fraction of sp³-hybridized carbons (Fsp3) is 0.417. The SMILES string of the molecule is CC(C)Oc1nc(Cl)nc(NCCc2ccsc2)n1. The molecule has 5 nitrogen and oxygen atoms in total. The van der Waals surface area contributed by atoms with Crippen molar-refractivity contribution in [3.63, 3.8) is 0 Å². The molecule has 0 amide bonds. The third-order valence-electron chi connectivity index (χ3n) is 2.21. The molecule has 0 saturated heterocycles. The lowest BCUT2D eigenvalue weighted by molar-refractivity contribution is 0.222. The van der Waals surface area contributed by atoms with Gasteiger partial charge in [-0.2, -0.15) is 26.3 Å². The maximum atomic E-state index is 5.83. The third-order valence-corrected chi connectivity index (χ3v) is 3.11. The quantitative estimate of drug-likeness (QED) is 0.888. The number of nitrogens with zero attached hydrogens (tertiary/aromatic N) is 3. The van der Waals surface area contributed by atoms with Crippen molar-refractivity contribution >= 4 is 28.9 Å². The van der Waals surface area contributed by atoms with Crippen LogP contribution < -0.4 is 10.1 Å². The van der Waals surface area contributed by atoms with Crippen LogP contribution in [0.5, 0.6) is 6.01 Å². The van der Waals surface area contributed by atoms with E-state index < -0.39 is 0 Å². The zero-order chi connectivity index (χ0) is 13.7. The van der Waals surface area contributed by atoms with E-state index in [1.54, 1.807) is 11.3 Å². The molecule has 0 fully saturated rings. The van der Waals surface area contributed by atoms with E-state index in [1.807, 2.05) is 13.8 Å². The molecule has 0 aliphatic heterocycles. The summed E-state index contributed by atoms with van der Waals surface area (Å²) in [6.45, 7) is 4.54. The smallest absolute Gasteiger partial charge is 0.322 e. The van der Waals surface area contributed by atoms with E-state index in [9.17, 15) is 0 Å². The lowest BCUT2D eigenvalue weighted by Gasteiger charge is -2.09. The van der Waals surface area contributed by atoms with Gasteiger partial charge in [-0.1, -0.05) is 0 Å². The molecule has 2 rings (SSSR count). The van der Waals surface area contributed by atoms with Crippen molar-refractivity contribution in [2.24, 2.45) is 0 Å². The molecule has 0 atom stereocenters. The summed E-state index contributed by atoms with van der Waals surface area (Å²) >= 11 is 7.52. The van der Waals surface area contributed by atoms with Crippen molar-refractivity contribution in [3.05, 3.63) is 27.7 Å². The van der Waals surface area contributed by atoms with Crippen molar-refractivity contribution in [2.75, 3.05) is 11.9 Å². The Kier molecular flexibility index (Phi) is 4.93. The van der Waals surface area contributed by atoms with Gasteiger partial charge in [0.15, 0.2) is 0 Å². The average Bonchev–Trinajstić information content (AvgIpc) is 2.80. The minimum absolute atomic E-state index is 0.00266. The van der Waals surface area contributed by atoms with E-state index in [0.717, 1.165) is 13.0 Å². The van der Waals surface area contributed by atoms with Crippen LogP contribution >= 0.6 is 22.9 Å². The molecule has 2 aromatic rings. The van der Waals surface area contributed by atoms with Crippen LogP contribution in [-0.4, -0.2) is 27.6 Å². The van der Waals surface area contributed by atoms with Crippen molar-refractivity contribution < 1.29 is 4.74 Å². The Bertz CT molecular complexity index is 518. The fourth-order valence-corrected chi connectivity index (χ4v) is 2.28. The predicted molar refractivity (Wildman–Crippen MR) is 77.1 cm³/mol. The summed E-state index contributed by atoms with van der Waals surface area (Å²) in [5.74, 6) is 0.436. The Hall–Kier alpha value is -1.40. The van der Waals surface area contributed by atoms with Crippen LogP contribution in [0.1, 0.15) is 19.4 Å². The first-order valence-electron chi connectivity index (χ1n) is 5.96. The van der Waals surface area contributed by atoms with Crippen LogP contribution in [0.4, 0.5) is 5.95 Å². The van der Waals surface area contributed by atoms with Gasteiger partial charge in [-0.3, -0.25) is 0 Å². The van der Waals surface area contributed by atoms with Gasteiger partial charge >= 0.3 is 6.01 Å². The number of ether oxygens (including phenoxy) is 1. The number of hydrogen-bond acceptors (Lipinski definition) is 6. The molecule has 0 aliphatic rings. The number of thiophene rings is 1. The first kappa shape index (κ1) is 14.0. The molecular formula is C12H15ClN4OS. The normalized spacial score (nSPS) is 10.7. The van der Waals surface area contributed by atoms with Crippen LogP contribution in [0.2, 0.25) is 5.28 Å². The number of hydrogen-bond donors (Lipinski definition) is 1. The second kappa shape index (κ2) is 6.68. The van der Waals surface area contributed by atoms with Gasteiger partial charge < -0.3 is 10.1 Å². The second-order valence-electron chi connectivity index (χ2n) is 4.19. The Morgan fingerprint density at radius 3 is 2.89 bits per heavy atom. The minimum atomic E-state index is -0.00266. The minimum Gasteiger partial charge on any atom is -0.461 e. The van der Waals surface area contributed by atoms with Gasteiger partial charge in [0, 0.05) is 6.54 Å². The molecule has 0 bridgehead atoms. The van der Waals surface area contributed by atoms with E-state index in [4.69, 9.17) is 16.3 Å². The highest BCUT2D eigenvalue weighted by molar-refractivity contribution is 7.07. The summed E-state index contributed by atoms with van der Waals surface area (Å²) in [5.41, 5.74) is 1.29. The maximum absolute atomic E-state index is 5.83. The van der Waals surface area contributed by atoms with Gasteiger partial charge in [-0.05, 0) is 54.3 Å². The molecule has 1 N–H and O–H groups in total. The van der Waals surface area contributed by atoms with E-state index in [-0.39, 0.29) is 17.4 Å². The van der Waals surface area contributed by atoms with Gasteiger partial charge in [0.05, 0.1) is 6.10 Å². The highest BCUT2D eigenvalue weighted by Crippen LogP contribution is 2.13. The first-order chi connectivity index (χ1) is 9.13. The van der Waals surface area contributed by atoms with E-state index >= 15 is 0 Å². The Morgan fingerprint density at radius 1 is 1.37 bits per heavy atom. The van der Waals surface area contributed by atoms with E-state index in [1.165, 1.54) is 5.56 Å². The Labute approximate surface area is 121 Å². The number of rotatable bonds is 6. The highest BCUT2D eigenvalue weighted by atomic mass is 35.5. The molecule has 0 saturated carbocycles. The van der Waals surface area contributed by atoms with E-state index in [2.05, 4.69) is 37.1 Å². The standard InChI is InChI=1S/C12H15ClN4OS/c1-8(2)18-12-16-10(13)15-11(17-12)14-5-3-9-4-6-19-7-9/h4,6-8H,3,5H2,1-2H3,(H,14,15,16,17). The summed E-state index contributed by atoms with van der Waals surface area (Å²) < 4.78 is 5.40. The van der Waals surface area contributed by atoms with Crippen molar-refractivity contribution in [2.45, 2.75) is 26.4 Å². The first-order valence-corrected chi connectivity index (χ1v) is 7.29. The van der Waals surface area contributed by atoms with Crippen LogP contribution in [0.3, 0.4) is 0 Å². The van der Waals surface area contributed by atoms with Crippen LogP contribution in [-0.2, 0) is 6.42 Å². The Balaban J connectivity index is 1.93. The van der Waals surface area contributed by atoms with Gasteiger partial charge in [0.1, 0.15) is 0 Å². The van der Waals surface area contributed by atoms with Crippen molar-refractivity contribution in [1.82, 2.24) is 15.0 Å². The Morgan fingerprint density at radius 2 is 2.21 bits per heavy atom. The topological polar surface area (TPSA) is 59.9 Å². The maximum Gasteiger partial charge on any atom is 0.322 e. The van der Waals surface area contributed by atoms with Crippen LogP contribution in [0, 0.1) is 0 Å². The molecule has 0 aromatic carbocycles. The highest BCUT2D eigenvalue weighted by Gasteiger charge is 2.07. The van der Waals surface area contributed by atoms with Crippen LogP contribution in [0.15, 0.2) is 16.8 Å². The molecule has 7 heteroatoms. The average molecular weight is 299 g/mol. The predicted octanol–water partition coefficient (Wildman–Crippen LogP) is 3.03. The monoisotopic (exact) mass is 298 g/mol. The number of aromatic nitrogens is 3. The second-order valence-corrected chi connectivity index (χ2v) is 5.30. The molecule has 0 unspecified atom stereocenters. The van der Waals surface area contributed by atoms with Gasteiger partial charge in [-0.15, -0.1) is 0 Å². The fourth-order valence-electron chi connectivity index (χ4n) is 1.43. The molecule has 19 heavy (non-hydrogen) atoms. The zero-order valence-electron chi connectivity index (χ0n) is 10.8. The molecule has 0 radical (unpaired) electrons. The number of halogens is 1. The van der Waals surface area contributed by atoms with Crippen molar-refractivity contribution in [1.29, 1.82) is 0 Å². The molecule has 2 aromatic heterocycles. The summed E-state index contributed by atoms with van der Waals surface area (Å²) in [7, 11) is 0. The third kappa shape index (κ3) is 4.65. The summed E-state index contributed by atoms with van der Waals surface area (Å²) in [6.07, 6.45) is 0.907. The number of anilines is 1. The summed E-state index contributed by atoms with van der Waals surface area (Å²) in [6, 6.07) is 2.34. The van der Waals surface area contributed by atoms with Crippen molar-refractivity contribution in [3.8, 4) is 6.01 Å². The molecule has 102 valence electrons. The molecular weight excluding hydrogens is 284 g/mol. The summed E-state index contributed by atoms with van der Waals surface area (Å²) in [4.78, 5) is 12.1. The zero-order valence-corrected chi connectivity index (χ0v) is 12.3. The number of nitrogens with one attached hydrogen (secondary N) is 1. The lowest BCUT2D eigenvalue weighted by Crippen LogP contribution is -2.12. The van der Waals surface area contributed by atoms with Gasteiger partial charge in [-0.25, -0.2) is 0 Å².